The molecule has 0 aromatic carbocycles. The Morgan fingerprint density at radius 3 is 2.81 bits per heavy atom. The van der Waals surface area contributed by atoms with E-state index in [0.29, 0.717) is 22.0 Å². The lowest BCUT2D eigenvalue weighted by atomic mass is 10.4. The highest BCUT2D eigenvalue weighted by Gasteiger charge is 2.25. The fraction of sp³-hybridized carbons (Fsp3) is 0.417. The van der Waals surface area contributed by atoms with Gasteiger partial charge in [-0.3, -0.25) is 0 Å². The Morgan fingerprint density at radius 1 is 1.52 bits per heavy atom. The number of thiophene rings is 1. The van der Waals surface area contributed by atoms with Gasteiger partial charge in [-0.25, -0.2) is 13.4 Å². The van der Waals surface area contributed by atoms with E-state index in [2.05, 4.69) is 31.0 Å². The molecule has 2 aromatic heterocycles. The smallest absolute Gasteiger partial charge is 0.243 e. The predicted molar refractivity (Wildman–Crippen MR) is 84.8 cm³/mol. The normalized spacial score (nSPS) is 13.5. The van der Waals surface area contributed by atoms with Crippen LogP contribution in [-0.4, -0.2) is 20.4 Å². The highest BCUT2D eigenvalue weighted by atomic mass is 79.9. The Kier molecular flexibility index (Phi) is 5.20. The van der Waals surface area contributed by atoms with Gasteiger partial charge in [0.15, 0.2) is 0 Å². The van der Waals surface area contributed by atoms with Crippen LogP contribution in [0.1, 0.15) is 29.5 Å². The number of nitrogens with zero attached hydrogens (tertiary/aromatic N) is 1. The van der Waals surface area contributed by atoms with E-state index < -0.39 is 16.1 Å². The molecule has 6 nitrogen and oxygen atoms in total. The Balaban J connectivity index is 2.22. The first kappa shape index (κ1) is 16.6. The molecule has 0 spiro atoms. The van der Waals surface area contributed by atoms with E-state index in [4.69, 9.17) is 4.42 Å². The molecule has 2 heterocycles. The summed E-state index contributed by atoms with van der Waals surface area (Å²) in [6, 6.07) is 1.12. The van der Waals surface area contributed by atoms with Gasteiger partial charge in [0.25, 0.3) is 0 Å². The van der Waals surface area contributed by atoms with Crippen molar-refractivity contribution in [3.05, 3.63) is 32.6 Å². The molecule has 116 valence electrons. The van der Waals surface area contributed by atoms with E-state index in [1.165, 1.54) is 11.3 Å². The van der Waals surface area contributed by atoms with E-state index in [0.717, 1.165) is 4.88 Å². The lowest BCUT2D eigenvalue weighted by Crippen LogP contribution is -2.27. The van der Waals surface area contributed by atoms with Crippen molar-refractivity contribution in [3.63, 3.8) is 0 Å². The maximum atomic E-state index is 12.4. The molecule has 2 aromatic rings. The van der Waals surface area contributed by atoms with Crippen LogP contribution in [0.4, 0.5) is 0 Å². The second-order valence-corrected chi connectivity index (χ2v) is 8.67. The average Bonchev–Trinajstić information content (AvgIpc) is 2.96. The fourth-order valence-electron chi connectivity index (χ4n) is 1.76. The van der Waals surface area contributed by atoms with E-state index in [9.17, 15) is 8.42 Å². The summed E-state index contributed by atoms with van der Waals surface area (Å²) in [5.41, 5.74) is 0. The largest absolute Gasteiger partial charge is 0.444 e. The van der Waals surface area contributed by atoms with Crippen LogP contribution < -0.4 is 10.0 Å². The van der Waals surface area contributed by atoms with Gasteiger partial charge >= 0.3 is 0 Å². The number of halogens is 1. The number of aromatic nitrogens is 1. The van der Waals surface area contributed by atoms with E-state index in [1.807, 2.05) is 7.05 Å². The minimum atomic E-state index is -3.64. The van der Waals surface area contributed by atoms with Crippen LogP contribution in [-0.2, 0) is 16.6 Å². The van der Waals surface area contributed by atoms with Crippen molar-refractivity contribution in [2.75, 3.05) is 7.05 Å². The number of hydrogen-bond donors (Lipinski definition) is 2. The number of sulfonamides is 1. The predicted octanol–water partition coefficient (Wildman–Crippen LogP) is 2.57. The first-order chi connectivity index (χ1) is 9.83. The lowest BCUT2D eigenvalue weighted by molar-refractivity contribution is 0.428. The van der Waals surface area contributed by atoms with Crippen LogP contribution in [0.3, 0.4) is 0 Å². The summed E-state index contributed by atoms with van der Waals surface area (Å²) < 4.78 is 33.4. The Labute approximate surface area is 136 Å². The van der Waals surface area contributed by atoms with Gasteiger partial charge in [0.1, 0.15) is 10.7 Å². The van der Waals surface area contributed by atoms with Gasteiger partial charge in [0.2, 0.25) is 15.9 Å². The molecular formula is C12H16BrN3O3S2. The Morgan fingerprint density at radius 2 is 2.24 bits per heavy atom. The molecular weight excluding hydrogens is 378 g/mol. The van der Waals surface area contributed by atoms with E-state index in [-0.39, 0.29) is 4.90 Å². The van der Waals surface area contributed by atoms with Crippen LogP contribution in [0.15, 0.2) is 25.4 Å². The maximum Gasteiger partial charge on any atom is 0.243 e. The van der Waals surface area contributed by atoms with Gasteiger partial charge in [-0.2, -0.15) is 4.72 Å². The summed E-state index contributed by atoms with van der Waals surface area (Å²) in [7, 11) is -1.83. The molecule has 0 fully saturated rings. The van der Waals surface area contributed by atoms with Crippen molar-refractivity contribution < 1.29 is 12.8 Å². The first-order valence-corrected chi connectivity index (χ1v) is 9.30. The van der Waals surface area contributed by atoms with Gasteiger partial charge in [-0.15, -0.1) is 11.3 Å². The zero-order chi connectivity index (χ0) is 15.6. The van der Waals surface area contributed by atoms with Crippen molar-refractivity contribution in [1.82, 2.24) is 15.0 Å². The second kappa shape index (κ2) is 6.57. The molecule has 0 aliphatic carbocycles. The fourth-order valence-corrected chi connectivity index (χ4v) is 5.65. The molecule has 0 bridgehead atoms. The third kappa shape index (κ3) is 3.92. The summed E-state index contributed by atoms with van der Waals surface area (Å²) in [6.07, 6.45) is 1.56. The van der Waals surface area contributed by atoms with Crippen molar-refractivity contribution in [2.45, 2.75) is 31.3 Å². The zero-order valence-corrected chi connectivity index (χ0v) is 15.0. The SMILES string of the molecule is CNCc1cc(S(=O)(=O)NC(C)c2ncc(C)o2)c(Br)s1. The molecule has 2 N–H and O–H groups in total. The van der Waals surface area contributed by atoms with Crippen LogP contribution >= 0.6 is 27.3 Å². The quantitative estimate of drug-likeness (QED) is 0.787. The van der Waals surface area contributed by atoms with Crippen molar-refractivity contribution >= 4 is 37.3 Å². The number of nitrogens with one attached hydrogen (secondary N) is 2. The number of oxazole rings is 1. The maximum absolute atomic E-state index is 12.4. The van der Waals surface area contributed by atoms with E-state index >= 15 is 0 Å². The highest BCUT2D eigenvalue weighted by molar-refractivity contribution is 9.11. The van der Waals surface area contributed by atoms with Crippen LogP contribution in [0.25, 0.3) is 0 Å². The number of aryl methyl sites for hydroxylation is 1. The number of hydrogen-bond acceptors (Lipinski definition) is 6. The van der Waals surface area contributed by atoms with Gasteiger partial charge < -0.3 is 9.73 Å². The van der Waals surface area contributed by atoms with Crippen LogP contribution in [0.2, 0.25) is 0 Å². The summed E-state index contributed by atoms with van der Waals surface area (Å²) in [4.78, 5) is 5.20. The second-order valence-electron chi connectivity index (χ2n) is 4.53. The van der Waals surface area contributed by atoms with Gasteiger partial charge in [-0.05, 0) is 42.9 Å². The minimum absolute atomic E-state index is 0.230. The third-order valence-electron chi connectivity index (χ3n) is 2.69. The van der Waals surface area contributed by atoms with Crippen LogP contribution in [0.5, 0.6) is 0 Å². The molecule has 0 aliphatic heterocycles. The molecule has 0 saturated carbocycles. The summed E-state index contributed by atoms with van der Waals surface area (Å²) in [5, 5.41) is 2.99. The third-order valence-corrected chi connectivity index (χ3v) is 6.48. The monoisotopic (exact) mass is 393 g/mol. The van der Waals surface area contributed by atoms with Crippen molar-refractivity contribution in [1.29, 1.82) is 0 Å². The average molecular weight is 394 g/mol. The minimum Gasteiger partial charge on any atom is -0.444 e. The van der Waals surface area contributed by atoms with E-state index in [1.54, 1.807) is 26.1 Å². The molecule has 1 atom stereocenters. The van der Waals surface area contributed by atoms with Gasteiger partial charge in [0.05, 0.1) is 16.0 Å². The highest BCUT2D eigenvalue weighted by Crippen LogP contribution is 2.32. The number of rotatable bonds is 6. The van der Waals surface area contributed by atoms with Gasteiger partial charge in [0, 0.05) is 11.4 Å². The molecule has 0 radical (unpaired) electrons. The first-order valence-electron chi connectivity index (χ1n) is 6.21. The molecule has 21 heavy (non-hydrogen) atoms. The Hall–Kier alpha value is -0.740. The molecule has 1 unspecified atom stereocenters. The van der Waals surface area contributed by atoms with Crippen molar-refractivity contribution in [2.24, 2.45) is 0 Å². The molecule has 0 saturated heterocycles. The van der Waals surface area contributed by atoms with Crippen LogP contribution in [0, 0.1) is 6.92 Å². The summed E-state index contributed by atoms with van der Waals surface area (Å²) >= 11 is 4.69. The molecule has 0 aliphatic rings. The molecule has 2 rings (SSSR count). The summed E-state index contributed by atoms with van der Waals surface area (Å²) in [6.45, 7) is 4.07. The molecule has 9 heteroatoms. The molecule has 0 amide bonds. The Bertz CT molecular complexity index is 724. The van der Waals surface area contributed by atoms with Gasteiger partial charge in [-0.1, -0.05) is 0 Å². The van der Waals surface area contributed by atoms with Crippen molar-refractivity contribution in [3.8, 4) is 0 Å². The summed E-state index contributed by atoms with van der Waals surface area (Å²) in [5.74, 6) is 0.988. The standard InChI is InChI=1S/C12H16BrN3O3S2/c1-7-5-15-12(19-7)8(2)16-21(17,18)10-4-9(6-14-3)20-11(10)13/h4-5,8,14,16H,6H2,1-3H3. The lowest BCUT2D eigenvalue weighted by Gasteiger charge is -2.10. The zero-order valence-electron chi connectivity index (χ0n) is 11.8. The topological polar surface area (TPSA) is 84.2 Å².